The first kappa shape index (κ1) is 12.9. The number of nitrogen functional groups attached to an aromatic ring is 1. The van der Waals surface area contributed by atoms with Crippen LogP contribution in [-0.2, 0) is 0 Å². The number of pyridine rings is 1. The van der Waals surface area contributed by atoms with E-state index < -0.39 is 0 Å². The smallest absolute Gasteiger partial charge is 0.255 e. The molecule has 2 aromatic rings. The SMILES string of the molecule is COc1cc(N)cc(C(=O)Nc2cnccc2C)c1. The number of carbonyl (C=O) groups excluding carboxylic acids is 1. The molecule has 1 aromatic carbocycles. The van der Waals surface area contributed by atoms with E-state index >= 15 is 0 Å². The van der Waals surface area contributed by atoms with Gasteiger partial charge in [0.1, 0.15) is 5.75 Å². The lowest BCUT2D eigenvalue weighted by Crippen LogP contribution is -2.13. The number of hydrogen-bond acceptors (Lipinski definition) is 4. The Hall–Kier alpha value is -2.56. The van der Waals surface area contributed by atoms with Crippen molar-refractivity contribution >= 4 is 17.3 Å². The van der Waals surface area contributed by atoms with Gasteiger partial charge in [0.05, 0.1) is 19.0 Å². The predicted molar refractivity (Wildman–Crippen MR) is 74.3 cm³/mol. The van der Waals surface area contributed by atoms with Gasteiger partial charge in [0.15, 0.2) is 0 Å². The maximum atomic E-state index is 12.1. The van der Waals surface area contributed by atoms with Gasteiger partial charge >= 0.3 is 0 Å². The summed E-state index contributed by atoms with van der Waals surface area (Å²) in [6.07, 6.45) is 3.28. The van der Waals surface area contributed by atoms with Crippen LogP contribution >= 0.6 is 0 Å². The third-order valence-electron chi connectivity index (χ3n) is 2.71. The summed E-state index contributed by atoms with van der Waals surface area (Å²) in [6.45, 7) is 1.90. The lowest BCUT2D eigenvalue weighted by atomic mass is 10.1. The minimum Gasteiger partial charge on any atom is -0.497 e. The summed E-state index contributed by atoms with van der Waals surface area (Å²) >= 11 is 0. The van der Waals surface area contributed by atoms with E-state index in [0.29, 0.717) is 22.7 Å². The van der Waals surface area contributed by atoms with E-state index in [1.54, 1.807) is 30.6 Å². The topological polar surface area (TPSA) is 77.2 Å². The first-order valence-corrected chi connectivity index (χ1v) is 5.76. The highest BCUT2D eigenvalue weighted by molar-refractivity contribution is 6.05. The monoisotopic (exact) mass is 257 g/mol. The molecule has 5 heteroatoms. The summed E-state index contributed by atoms with van der Waals surface area (Å²) in [4.78, 5) is 16.1. The highest BCUT2D eigenvalue weighted by Crippen LogP contribution is 2.20. The van der Waals surface area contributed by atoms with Crippen LogP contribution in [0.3, 0.4) is 0 Å². The van der Waals surface area contributed by atoms with Crippen molar-refractivity contribution < 1.29 is 9.53 Å². The van der Waals surface area contributed by atoms with Crippen molar-refractivity contribution in [1.82, 2.24) is 4.98 Å². The molecule has 0 radical (unpaired) electrons. The second kappa shape index (κ2) is 5.39. The van der Waals surface area contributed by atoms with Crippen LogP contribution in [0.2, 0.25) is 0 Å². The number of rotatable bonds is 3. The molecule has 0 aliphatic heterocycles. The Morgan fingerprint density at radius 3 is 2.84 bits per heavy atom. The van der Waals surface area contributed by atoms with Crippen LogP contribution < -0.4 is 15.8 Å². The highest BCUT2D eigenvalue weighted by Gasteiger charge is 2.10. The van der Waals surface area contributed by atoms with Gasteiger partial charge in [-0.3, -0.25) is 9.78 Å². The lowest BCUT2D eigenvalue weighted by molar-refractivity contribution is 0.102. The highest BCUT2D eigenvalue weighted by atomic mass is 16.5. The van der Waals surface area contributed by atoms with E-state index in [1.807, 2.05) is 13.0 Å². The molecule has 1 amide bonds. The molecule has 5 nitrogen and oxygen atoms in total. The maximum Gasteiger partial charge on any atom is 0.255 e. The lowest BCUT2D eigenvalue weighted by Gasteiger charge is -2.09. The molecule has 0 saturated carbocycles. The quantitative estimate of drug-likeness (QED) is 0.827. The molecular weight excluding hydrogens is 242 g/mol. The number of aromatic nitrogens is 1. The first-order chi connectivity index (χ1) is 9.10. The Kier molecular flexibility index (Phi) is 3.66. The normalized spacial score (nSPS) is 10.0. The van der Waals surface area contributed by atoms with E-state index in [9.17, 15) is 4.79 Å². The van der Waals surface area contributed by atoms with Crippen LogP contribution in [0.1, 0.15) is 15.9 Å². The average molecular weight is 257 g/mol. The summed E-state index contributed by atoms with van der Waals surface area (Å²) in [5.41, 5.74) is 8.27. The van der Waals surface area contributed by atoms with Gasteiger partial charge in [0, 0.05) is 23.5 Å². The number of nitrogens with two attached hydrogens (primary N) is 1. The van der Waals surface area contributed by atoms with Crippen LogP contribution in [0.25, 0.3) is 0 Å². The molecule has 0 saturated heterocycles. The number of amides is 1. The van der Waals surface area contributed by atoms with E-state index in [4.69, 9.17) is 10.5 Å². The number of methoxy groups -OCH3 is 1. The Morgan fingerprint density at radius 2 is 2.16 bits per heavy atom. The molecule has 0 aliphatic rings. The van der Waals surface area contributed by atoms with Gasteiger partial charge in [-0.05, 0) is 30.7 Å². The molecule has 0 aliphatic carbocycles. The van der Waals surface area contributed by atoms with Gasteiger partial charge in [0.25, 0.3) is 5.91 Å². The molecular formula is C14H15N3O2. The Labute approximate surface area is 111 Å². The van der Waals surface area contributed by atoms with Crippen LogP contribution in [0, 0.1) is 6.92 Å². The van der Waals surface area contributed by atoms with Crippen molar-refractivity contribution in [2.45, 2.75) is 6.92 Å². The average Bonchev–Trinajstić information content (AvgIpc) is 2.40. The number of anilines is 2. The Morgan fingerprint density at radius 1 is 1.37 bits per heavy atom. The Balaban J connectivity index is 2.25. The van der Waals surface area contributed by atoms with Crippen molar-refractivity contribution in [3.05, 3.63) is 47.8 Å². The fourth-order valence-electron chi connectivity index (χ4n) is 1.66. The molecule has 2 rings (SSSR count). The molecule has 0 atom stereocenters. The standard InChI is InChI=1S/C14H15N3O2/c1-9-3-4-16-8-13(9)17-14(18)10-5-11(15)7-12(6-10)19-2/h3-8H,15H2,1-2H3,(H,17,18). The van der Waals surface area contributed by atoms with Crippen LogP contribution in [0.5, 0.6) is 5.75 Å². The number of ether oxygens (including phenoxy) is 1. The number of nitrogens with zero attached hydrogens (tertiary/aromatic N) is 1. The van der Waals surface area contributed by atoms with E-state index in [-0.39, 0.29) is 5.91 Å². The summed E-state index contributed by atoms with van der Waals surface area (Å²) in [6, 6.07) is 6.72. The van der Waals surface area contributed by atoms with Crippen molar-refractivity contribution in [2.75, 3.05) is 18.2 Å². The molecule has 0 unspecified atom stereocenters. The number of carbonyl (C=O) groups is 1. The Bertz CT molecular complexity index is 611. The number of hydrogen-bond donors (Lipinski definition) is 2. The summed E-state index contributed by atoms with van der Waals surface area (Å²) < 4.78 is 5.09. The van der Waals surface area contributed by atoms with E-state index in [0.717, 1.165) is 5.56 Å². The molecule has 1 heterocycles. The van der Waals surface area contributed by atoms with Crippen molar-refractivity contribution in [2.24, 2.45) is 0 Å². The second-order valence-electron chi connectivity index (χ2n) is 4.14. The van der Waals surface area contributed by atoms with E-state index in [1.165, 1.54) is 7.11 Å². The largest absolute Gasteiger partial charge is 0.497 e. The van der Waals surface area contributed by atoms with Gasteiger partial charge < -0.3 is 15.8 Å². The zero-order valence-corrected chi connectivity index (χ0v) is 10.8. The minimum atomic E-state index is -0.248. The van der Waals surface area contributed by atoms with Gasteiger partial charge in [-0.15, -0.1) is 0 Å². The number of benzene rings is 1. The van der Waals surface area contributed by atoms with Crippen molar-refractivity contribution in [3.63, 3.8) is 0 Å². The zero-order chi connectivity index (χ0) is 13.8. The third-order valence-corrected chi connectivity index (χ3v) is 2.71. The summed E-state index contributed by atoms with van der Waals surface area (Å²) in [5, 5.41) is 2.79. The zero-order valence-electron chi connectivity index (χ0n) is 10.8. The fourth-order valence-corrected chi connectivity index (χ4v) is 1.66. The van der Waals surface area contributed by atoms with Crippen molar-refractivity contribution in [1.29, 1.82) is 0 Å². The summed E-state index contributed by atoms with van der Waals surface area (Å²) in [5.74, 6) is 0.301. The number of nitrogens with one attached hydrogen (secondary N) is 1. The molecule has 0 spiro atoms. The van der Waals surface area contributed by atoms with Crippen LogP contribution in [-0.4, -0.2) is 18.0 Å². The van der Waals surface area contributed by atoms with E-state index in [2.05, 4.69) is 10.3 Å². The van der Waals surface area contributed by atoms with Gasteiger partial charge in [-0.2, -0.15) is 0 Å². The fraction of sp³-hybridized carbons (Fsp3) is 0.143. The molecule has 19 heavy (non-hydrogen) atoms. The second-order valence-corrected chi connectivity index (χ2v) is 4.14. The molecule has 1 aromatic heterocycles. The van der Waals surface area contributed by atoms with Gasteiger partial charge in [-0.1, -0.05) is 0 Å². The molecule has 3 N–H and O–H groups in total. The maximum absolute atomic E-state index is 12.1. The molecule has 0 bridgehead atoms. The predicted octanol–water partition coefficient (Wildman–Crippen LogP) is 2.23. The minimum absolute atomic E-state index is 0.248. The number of aryl methyl sites for hydroxylation is 1. The van der Waals surface area contributed by atoms with Crippen molar-refractivity contribution in [3.8, 4) is 5.75 Å². The first-order valence-electron chi connectivity index (χ1n) is 5.76. The van der Waals surface area contributed by atoms with Gasteiger partial charge in [0.2, 0.25) is 0 Å². The van der Waals surface area contributed by atoms with Crippen LogP contribution in [0.4, 0.5) is 11.4 Å². The molecule has 98 valence electrons. The van der Waals surface area contributed by atoms with Gasteiger partial charge in [-0.25, -0.2) is 0 Å². The summed E-state index contributed by atoms with van der Waals surface area (Å²) in [7, 11) is 1.53. The molecule has 0 fully saturated rings. The third kappa shape index (κ3) is 3.01. The van der Waals surface area contributed by atoms with Crippen LogP contribution in [0.15, 0.2) is 36.7 Å².